The number of nitrogens with zero attached hydrogens (tertiary/aromatic N) is 2. The topological polar surface area (TPSA) is 95.7 Å². The van der Waals surface area contributed by atoms with Crippen molar-refractivity contribution in [2.24, 2.45) is 5.92 Å². The largest absolute Gasteiger partial charge is 0.478 e. The summed E-state index contributed by atoms with van der Waals surface area (Å²) >= 11 is 0. The number of nitro benzene ring substituents is 1. The Hall–Kier alpha value is -2.22. The van der Waals surface area contributed by atoms with Crippen molar-refractivity contribution < 1.29 is 19.2 Å². The Morgan fingerprint density at radius 1 is 1.62 bits per heavy atom. The molecule has 21 heavy (non-hydrogen) atoms. The number of aromatic carboxylic acids is 1. The Morgan fingerprint density at radius 2 is 2.33 bits per heavy atom. The van der Waals surface area contributed by atoms with E-state index in [9.17, 15) is 19.3 Å². The summed E-state index contributed by atoms with van der Waals surface area (Å²) < 4.78 is 13.7. The van der Waals surface area contributed by atoms with Crippen LogP contribution in [-0.4, -0.2) is 47.6 Å². The molecule has 114 valence electrons. The van der Waals surface area contributed by atoms with Crippen LogP contribution in [0.1, 0.15) is 16.8 Å². The second-order valence-electron chi connectivity index (χ2n) is 5.21. The van der Waals surface area contributed by atoms with E-state index in [1.165, 1.54) is 0 Å². The molecule has 7 nitrogen and oxygen atoms in total. The van der Waals surface area contributed by atoms with Crippen molar-refractivity contribution in [3.05, 3.63) is 33.6 Å². The summed E-state index contributed by atoms with van der Waals surface area (Å²) in [5, 5.41) is 22.7. The molecular weight excluding hydrogens is 281 g/mol. The summed E-state index contributed by atoms with van der Waals surface area (Å²) in [6, 6.07) is 1.63. The number of carboxylic acids is 1. The second-order valence-corrected chi connectivity index (χ2v) is 5.21. The predicted octanol–water partition coefficient (Wildman–Crippen LogP) is 1.80. The average molecular weight is 297 g/mol. The molecule has 0 amide bonds. The number of hydrogen-bond donors (Lipinski definition) is 2. The first kappa shape index (κ1) is 15.2. The number of rotatable bonds is 5. The average Bonchev–Trinajstić information content (AvgIpc) is 2.81. The fourth-order valence-electron chi connectivity index (χ4n) is 2.47. The van der Waals surface area contributed by atoms with Gasteiger partial charge in [0.2, 0.25) is 0 Å². The molecule has 1 aliphatic rings. The van der Waals surface area contributed by atoms with Crippen LogP contribution in [0, 0.1) is 21.8 Å². The van der Waals surface area contributed by atoms with E-state index in [4.69, 9.17) is 5.11 Å². The summed E-state index contributed by atoms with van der Waals surface area (Å²) in [7, 11) is 1.99. The van der Waals surface area contributed by atoms with Gasteiger partial charge in [0.05, 0.1) is 4.92 Å². The van der Waals surface area contributed by atoms with Crippen LogP contribution in [0.4, 0.5) is 15.8 Å². The first-order valence-corrected chi connectivity index (χ1v) is 6.52. The molecule has 1 saturated heterocycles. The first-order chi connectivity index (χ1) is 9.88. The van der Waals surface area contributed by atoms with E-state index >= 15 is 0 Å². The minimum atomic E-state index is -1.53. The molecule has 0 bridgehead atoms. The maximum Gasteiger partial charge on any atom is 0.338 e. The van der Waals surface area contributed by atoms with Gasteiger partial charge in [0.25, 0.3) is 5.69 Å². The lowest BCUT2D eigenvalue weighted by molar-refractivity contribution is -0.384. The van der Waals surface area contributed by atoms with Crippen LogP contribution in [0.5, 0.6) is 0 Å². The highest BCUT2D eigenvalue weighted by Gasteiger charge is 2.24. The van der Waals surface area contributed by atoms with Gasteiger partial charge in [-0.1, -0.05) is 0 Å². The number of benzene rings is 1. The van der Waals surface area contributed by atoms with Gasteiger partial charge in [-0.15, -0.1) is 0 Å². The third-order valence-corrected chi connectivity index (χ3v) is 3.58. The van der Waals surface area contributed by atoms with E-state index in [1.54, 1.807) is 0 Å². The van der Waals surface area contributed by atoms with Gasteiger partial charge in [-0.3, -0.25) is 10.1 Å². The van der Waals surface area contributed by atoms with Gasteiger partial charge >= 0.3 is 5.97 Å². The zero-order valence-electron chi connectivity index (χ0n) is 11.5. The van der Waals surface area contributed by atoms with E-state index in [0.717, 1.165) is 31.6 Å². The number of nitro groups is 1. The Kier molecular flexibility index (Phi) is 4.37. The van der Waals surface area contributed by atoms with Gasteiger partial charge in [-0.25, -0.2) is 9.18 Å². The van der Waals surface area contributed by atoms with Crippen molar-refractivity contribution in [1.29, 1.82) is 0 Å². The molecule has 0 spiro atoms. The Labute approximate surface area is 120 Å². The molecule has 1 heterocycles. The van der Waals surface area contributed by atoms with Crippen LogP contribution in [-0.2, 0) is 0 Å². The minimum absolute atomic E-state index is 0.0112. The van der Waals surface area contributed by atoms with E-state index < -0.39 is 28.0 Å². The van der Waals surface area contributed by atoms with Crippen molar-refractivity contribution in [2.45, 2.75) is 6.42 Å². The molecule has 0 radical (unpaired) electrons. The number of carboxylic acid groups (broad SMARTS) is 1. The summed E-state index contributed by atoms with van der Waals surface area (Å²) in [4.78, 5) is 23.3. The lowest BCUT2D eigenvalue weighted by atomic mass is 10.1. The van der Waals surface area contributed by atoms with Gasteiger partial charge in [0.1, 0.15) is 17.1 Å². The molecule has 1 unspecified atom stereocenters. The number of anilines is 1. The highest BCUT2D eigenvalue weighted by atomic mass is 19.1. The van der Waals surface area contributed by atoms with Crippen LogP contribution in [0.2, 0.25) is 0 Å². The lowest BCUT2D eigenvalue weighted by Crippen LogP contribution is -2.19. The van der Waals surface area contributed by atoms with E-state index in [2.05, 4.69) is 10.2 Å². The molecule has 8 heteroatoms. The van der Waals surface area contributed by atoms with Crippen molar-refractivity contribution in [3.63, 3.8) is 0 Å². The molecule has 0 aliphatic carbocycles. The standard InChI is InChI=1S/C13H16FN3O4/c1-16-3-2-8(7-16)6-15-11-5-10(14)9(13(18)19)4-12(11)17(20)21/h4-5,8,15H,2-3,6-7H2,1H3,(H,18,19). The fraction of sp³-hybridized carbons (Fsp3) is 0.462. The van der Waals surface area contributed by atoms with Crippen molar-refractivity contribution in [2.75, 3.05) is 32.0 Å². The highest BCUT2D eigenvalue weighted by Crippen LogP contribution is 2.28. The molecule has 1 aromatic carbocycles. The minimum Gasteiger partial charge on any atom is -0.478 e. The molecule has 0 saturated carbocycles. The van der Waals surface area contributed by atoms with Crippen molar-refractivity contribution in [1.82, 2.24) is 4.90 Å². The highest BCUT2D eigenvalue weighted by molar-refractivity contribution is 5.90. The summed E-state index contributed by atoms with van der Waals surface area (Å²) in [5.41, 5.74) is -1.12. The second kappa shape index (κ2) is 6.04. The van der Waals surface area contributed by atoms with E-state index in [-0.39, 0.29) is 5.69 Å². The smallest absolute Gasteiger partial charge is 0.338 e. The fourth-order valence-corrected chi connectivity index (χ4v) is 2.47. The van der Waals surface area contributed by atoms with Crippen LogP contribution < -0.4 is 5.32 Å². The zero-order valence-corrected chi connectivity index (χ0v) is 11.5. The van der Waals surface area contributed by atoms with E-state index in [0.29, 0.717) is 12.5 Å². The third-order valence-electron chi connectivity index (χ3n) is 3.58. The monoisotopic (exact) mass is 297 g/mol. The Balaban J connectivity index is 2.19. The van der Waals surface area contributed by atoms with Crippen LogP contribution in [0.3, 0.4) is 0 Å². The first-order valence-electron chi connectivity index (χ1n) is 6.52. The van der Waals surface area contributed by atoms with Gasteiger partial charge < -0.3 is 15.3 Å². The van der Waals surface area contributed by atoms with Gasteiger partial charge in [-0.2, -0.15) is 0 Å². The predicted molar refractivity (Wildman–Crippen MR) is 74.1 cm³/mol. The molecule has 1 atom stereocenters. The van der Waals surface area contributed by atoms with Crippen LogP contribution in [0.25, 0.3) is 0 Å². The number of likely N-dealkylation sites (tertiary alicyclic amines) is 1. The molecule has 1 fully saturated rings. The number of halogens is 1. The molecular formula is C13H16FN3O4. The number of hydrogen-bond acceptors (Lipinski definition) is 5. The van der Waals surface area contributed by atoms with Gasteiger partial charge in [0, 0.05) is 25.2 Å². The summed E-state index contributed by atoms with van der Waals surface area (Å²) in [5.74, 6) is -2.18. The summed E-state index contributed by atoms with van der Waals surface area (Å²) in [6.07, 6.45) is 0.965. The Morgan fingerprint density at radius 3 is 2.86 bits per heavy atom. The maximum absolute atomic E-state index is 13.7. The van der Waals surface area contributed by atoms with Gasteiger partial charge in [0.15, 0.2) is 0 Å². The quantitative estimate of drug-likeness (QED) is 0.635. The van der Waals surface area contributed by atoms with Crippen LogP contribution in [0.15, 0.2) is 12.1 Å². The summed E-state index contributed by atoms with van der Waals surface area (Å²) in [6.45, 7) is 2.31. The zero-order chi connectivity index (χ0) is 15.6. The third kappa shape index (κ3) is 3.46. The lowest BCUT2D eigenvalue weighted by Gasteiger charge is -2.13. The molecule has 2 rings (SSSR count). The SMILES string of the molecule is CN1CCC(CNc2cc(F)c(C(=O)O)cc2[N+](=O)[O-])C1. The molecule has 2 N–H and O–H groups in total. The van der Waals surface area contributed by atoms with Crippen molar-refractivity contribution in [3.8, 4) is 0 Å². The normalized spacial score (nSPS) is 18.7. The maximum atomic E-state index is 13.7. The van der Waals surface area contributed by atoms with Crippen molar-refractivity contribution >= 4 is 17.3 Å². The molecule has 0 aromatic heterocycles. The van der Waals surface area contributed by atoms with Crippen LogP contribution >= 0.6 is 0 Å². The number of nitrogens with one attached hydrogen (secondary N) is 1. The molecule has 1 aliphatic heterocycles. The van der Waals surface area contributed by atoms with E-state index in [1.807, 2.05) is 7.05 Å². The molecule has 1 aromatic rings. The number of carbonyl (C=O) groups is 1. The Bertz CT molecular complexity index is 579. The van der Waals surface area contributed by atoms with Gasteiger partial charge in [-0.05, 0) is 25.9 Å².